The molecule has 0 bridgehead atoms. The highest BCUT2D eigenvalue weighted by atomic mass is 127. The zero-order chi connectivity index (χ0) is 26.2. The van der Waals surface area contributed by atoms with Gasteiger partial charge in [-0.2, -0.15) is 10.1 Å². The van der Waals surface area contributed by atoms with Gasteiger partial charge in [-0.15, -0.1) is 0 Å². The standard InChI is InChI=1S/C13H26BrNO2.C13H26INO2/c2*1-12(2)9-11(17-8-6-5-7-14)10-13(3,4)15(12)16/h2*11,16H,5-10H2,1-4H3. The van der Waals surface area contributed by atoms with Crippen LogP contribution >= 0.6 is 38.5 Å². The zero-order valence-corrected chi connectivity index (χ0v) is 26.7. The molecule has 0 aromatic heterocycles. The van der Waals surface area contributed by atoms with E-state index in [-0.39, 0.29) is 34.4 Å². The van der Waals surface area contributed by atoms with Crippen LogP contribution < -0.4 is 0 Å². The van der Waals surface area contributed by atoms with E-state index < -0.39 is 0 Å². The lowest BCUT2D eigenvalue weighted by atomic mass is 9.80. The minimum atomic E-state index is -0.207. The summed E-state index contributed by atoms with van der Waals surface area (Å²) in [5.74, 6) is 0. The van der Waals surface area contributed by atoms with E-state index in [0.29, 0.717) is 0 Å². The van der Waals surface area contributed by atoms with Crippen molar-refractivity contribution in [3.05, 3.63) is 0 Å². The van der Waals surface area contributed by atoms with Crippen LogP contribution in [0.15, 0.2) is 0 Å². The lowest BCUT2D eigenvalue weighted by molar-refractivity contribution is -0.261. The van der Waals surface area contributed by atoms with Crippen LogP contribution in [0.3, 0.4) is 0 Å². The summed E-state index contributed by atoms with van der Waals surface area (Å²) >= 11 is 5.82. The quantitative estimate of drug-likeness (QED) is 0.146. The molecule has 0 unspecified atom stereocenters. The molecular weight excluding hydrogens is 611 g/mol. The van der Waals surface area contributed by atoms with Crippen LogP contribution in [0.2, 0.25) is 0 Å². The van der Waals surface area contributed by atoms with Gasteiger partial charge in [0.2, 0.25) is 0 Å². The molecule has 2 saturated heterocycles. The van der Waals surface area contributed by atoms with Crippen molar-refractivity contribution in [2.45, 2.75) is 141 Å². The zero-order valence-electron chi connectivity index (χ0n) is 23.0. The number of hydroxylamine groups is 4. The van der Waals surface area contributed by atoms with Gasteiger partial charge in [-0.05, 0) is 111 Å². The fourth-order valence-electron chi connectivity index (χ4n) is 5.49. The van der Waals surface area contributed by atoms with Crippen molar-refractivity contribution in [3.63, 3.8) is 0 Å². The van der Waals surface area contributed by atoms with Crippen molar-refractivity contribution >= 4 is 38.5 Å². The van der Waals surface area contributed by atoms with Crippen LogP contribution in [0.5, 0.6) is 0 Å². The first-order valence-electron chi connectivity index (χ1n) is 12.9. The molecule has 2 rings (SSSR count). The molecule has 2 aliphatic heterocycles. The average molecular weight is 664 g/mol. The summed E-state index contributed by atoms with van der Waals surface area (Å²) < 4.78 is 13.1. The van der Waals surface area contributed by atoms with Gasteiger partial charge in [-0.25, -0.2) is 0 Å². The van der Waals surface area contributed by atoms with Gasteiger partial charge in [0.15, 0.2) is 0 Å². The normalized spacial score (nSPS) is 25.1. The Labute approximate surface area is 231 Å². The molecule has 0 atom stereocenters. The van der Waals surface area contributed by atoms with Crippen molar-refractivity contribution in [2.24, 2.45) is 0 Å². The molecule has 0 aromatic rings. The second-order valence-electron chi connectivity index (χ2n) is 12.5. The first kappa shape index (κ1) is 33.0. The van der Waals surface area contributed by atoms with Crippen molar-refractivity contribution in [1.29, 1.82) is 0 Å². The first-order chi connectivity index (χ1) is 15.6. The molecule has 0 radical (unpaired) electrons. The number of hydrogen-bond acceptors (Lipinski definition) is 6. The molecule has 2 aliphatic rings. The van der Waals surface area contributed by atoms with Gasteiger partial charge in [0.25, 0.3) is 0 Å². The smallest absolute Gasteiger partial charge is 0.0611 e. The molecule has 34 heavy (non-hydrogen) atoms. The van der Waals surface area contributed by atoms with Gasteiger partial charge < -0.3 is 19.9 Å². The maximum atomic E-state index is 10.2. The number of rotatable bonds is 10. The third kappa shape index (κ3) is 10.4. The van der Waals surface area contributed by atoms with Crippen LogP contribution in [0, 0.1) is 0 Å². The minimum absolute atomic E-state index is 0.199. The maximum Gasteiger partial charge on any atom is 0.0611 e. The number of alkyl halides is 2. The fraction of sp³-hybridized carbons (Fsp3) is 1.00. The Morgan fingerprint density at radius 1 is 0.676 bits per heavy atom. The Bertz CT molecular complexity index is 503. The second-order valence-corrected chi connectivity index (χ2v) is 14.3. The Morgan fingerprint density at radius 2 is 1.00 bits per heavy atom. The topological polar surface area (TPSA) is 65.4 Å². The van der Waals surface area contributed by atoms with E-state index >= 15 is 0 Å². The van der Waals surface area contributed by atoms with Crippen LogP contribution in [-0.2, 0) is 9.47 Å². The lowest BCUT2D eigenvalue weighted by Crippen LogP contribution is -2.60. The predicted octanol–water partition coefficient (Wildman–Crippen LogP) is 7.22. The second kappa shape index (κ2) is 14.2. The molecular formula is C26H52BrIN2O4. The molecule has 0 amide bonds. The van der Waals surface area contributed by atoms with Crippen molar-refractivity contribution in [1.82, 2.24) is 10.1 Å². The summed E-state index contributed by atoms with van der Waals surface area (Å²) in [4.78, 5) is 0. The number of nitrogens with zero attached hydrogens (tertiary/aromatic N) is 2. The highest BCUT2D eigenvalue weighted by Gasteiger charge is 2.46. The van der Waals surface area contributed by atoms with Gasteiger partial charge in [-0.1, -0.05) is 38.5 Å². The van der Waals surface area contributed by atoms with E-state index in [1.54, 1.807) is 0 Å². The summed E-state index contributed by atoms with van der Waals surface area (Å²) in [5, 5.41) is 24.4. The number of hydrogen-bond donors (Lipinski definition) is 2. The van der Waals surface area contributed by atoms with Crippen molar-refractivity contribution in [3.8, 4) is 0 Å². The summed E-state index contributed by atoms with van der Waals surface area (Å²) in [6.07, 6.45) is 8.75. The van der Waals surface area contributed by atoms with Gasteiger partial charge in [0.05, 0.1) is 12.2 Å². The highest BCUT2D eigenvalue weighted by Crippen LogP contribution is 2.39. The highest BCUT2D eigenvalue weighted by molar-refractivity contribution is 14.1. The molecule has 0 saturated carbocycles. The molecule has 2 fully saturated rings. The third-order valence-corrected chi connectivity index (χ3v) is 8.29. The summed E-state index contributed by atoms with van der Waals surface area (Å²) in [7, 11) is 0. The van der Waals surface area contributed by atoms with Gasteiger partial charge in [0, 0.05) is 40.7 Å². The third-order valence-electron chi connectivity index (χ3n) is 6.97. The number of piperidine rings is 2. The molecule has 2 N–H and O–H groups in total. The van der Waals surface area contributed by atoms with E-state index in [1.807, 2.05) is 0 Å². The SMILES string of the molecule is CC1(C)CC(OCCCCBr)CC(C)(C)N1O.CC1(C)CC(OCCCCI)CC(C)(C)N1O. The van der Waals surface area contributed by atoms with Crippen LogP contribution in [-0.4, -0.2) is 77.9 Å². The van der Waals surface area contributed by atoms with E-state index in [4.69, 9.17) is 9.47 Å². The van der Waals surface area contributed by atoms with Crippen LogP contribution in [0.4, 0.5) is 0 Å². The average Bonchev–Trinajstić information content (AvgIpc) is 2.70. The van der Waals surface area contributed by atoms with Gasteiger partial charge in [-0.3, -0.25) is 0 Å². The summed E-state index contributed by atoms with van der Waals surface area (Å²) in [6.45, 7) is 18.3. The maximum absolute atomic E-state index is 10.2. The monoisotopic (exact) mass is 662 g/mol. The molecule has 0 aliphatic carbocycles. The Kier molecular flexibility index (Phi) is 13.8. The number of unbranched alkanes of at least 4 members (excludes halogenated alkanes) is 2. The van der Waals surface area contributed by atoms with E-state index in [9.17, 15) is 10.4 Å². The first-order valence-corrected chi connectivity index (χ1v) is 15.6. The number of halogens is 2. The van der Waals surface area contributed by atoms with Crippen LogP contribution in [0.25, 0.3) is 0 Å². The van der Waals surface area contributed by atoms with Gasteiger partial charge in [0.1, 0.15) is 0 Å². The Hall–Kier alpha value is 0.970. The van der Waals surface area contributed by atoms with E-state index in [2.05, 4.69) is 93.9 Å². The molecule has 0 spiro atoms. The summed E-state index contributed by atoms with van der Waals surface area (Å²) in [6, 6.07) is 0. The van der Waals surface area contributed by atoms with E-state index in [1.165, 1.54) is 21.0 Å². The van der Waals surface area contributed by atoms with Crippen molar-refractivity contribution in [2.75, 3.05) is 23.0 Å². The Balaban J connectivity index is 0.000000340. The molecule has 8 heteroatoms. The lowest BCUT2D eigenvalue weighted by Gasteiger charge is -2.51. The van der Waals surface area contributed by atoms with E-state index in [0.717, 1.165) is 63.5 Å². The number of ether oxygens (including phenoxy) is 2. The summed E-state index contributed by atoms with van der Waals surface area (Å²) in [5.41, 5.74) is -0.810. The predicted molar refractivity (Wildman–Crippen MR) is 153 cm³/mol. The molecule has 204 valence electrons. The minimum Gasteiger partial charge on any atom is -0.378 e. The van der Waals surface area contributed by atoms with Gasteiger partial charge >= 0.3 is 0 Å². The fourth-order valence-corrected chi connectivity index (χ4v) is 6.42. The molecule has 2 heterocycles. The van der Waals surface area contributed by atoms with Crippen molar-refractivity contribution < 1.29 is 19.9 Å². The van der Waals surface area contributed by atoms with Crippen LogP contribution in [0.1, 0.15) is 107 Å². The largest absolute Gasteiger partial charge is 0.378 e. The molecule has 0 aromatic carbocycles. The molecule has 6 nitrogen and oxygen atoms in total. The Morgan fingerprint density at radius 3 is 1.29 bits per heavy atom.